The lowest BCUT2D eigenvalue weighted by Crippen LogP contribution is -2.31. The predicted octanol–water partition coefficient (Wildman–Crippen LogP) is 5.25. The molecule has 4 nitrogen and oxygen atoms in total. The molecule has 1 saturated heterocycles. The van der Waals surface area contributed by atoms with E-state index in [1.54, 1.807) is 0 Å². The Morgan fingerprint density at radius 1 is 1.07 bits per heavy atom. The molecule has 0 radical (unpaired) electrons. The van der Waals surface area contributed by atoms with Crippen LogP contribution in [0, 0.1) is 5.92 Å². The maximum Gasteiger partial charge on any atom is 0.534 e. The van der Waals surface area contributed by atoms with Gasteiger partial charge >= 0.3 is 15.6 Å². The van der Waals surface area contributed by atoms with Gasteiger partial charge in [0.2, 0.25) is 0 Å². The highest BCUT2D eigenvalue weighted by Gasteiger charge is 2.49. The van der Waals surface area contributed by atoms with E-state index in [1.165, 1.54) is 30.0 Å². The fraction of sp³-hybridized carbons (Fsp3) is 0.619. The van der Waals surface area contributed by atoms with Crippen molar-refractivity contribution in [3.05, 3.63) is 47.2 Å². The molecule has 1 heterocycles. The number of hydrogen-bond acceptors (Lipinski definition) is 4. The Kier molecular flexibility index (Phi) is 5.68. The van der Waals surface area contributed by atoms with Crippen LogP contribution in [0.15, 0.2) is 36.1 Å². The van der Waals surface area contributed by atoms with Crippen molar-refractivity contribution in [1.82, 2.24) is 4.90 Å². The van der Waals surface area contributed by atoms with E-state index in [0.717, 1.165) is 25.9 Å². The van der Waals surface area contributed by atoms with Crippen molar-refractivity contribution >= 4 is 10.1 Å². The SMILES string of the molecule is O=S(=O)(OC1=CCC(CN2CCCC2c2ccccc2C2CC2)CC1)C(F)(F)F. The molecule has 2 aliphatic carbocycles. The summed E-state index contributed by atoms with van der Waals surface area (Å²) in [6.07, 6.45) is 7.71. The summed E-state index contributed by atoms with van der Waals surface area (Å²) in [5.41, 5.74) is -2.48. The predicted molar refractivity (Wildman–Crippen MR) is 103 cm³/mol. The second-order valence-corrected chi connectivity index (χ2v) is 9.89. The molecular weight excluding hydrogens is 403 g/mol. The van der Waals surface area contributed by atoms with Gasteiger partial charge in [-0.05, 0) is 74.1 Å². The number of benzene rings is 1. The zero-order valence-electron chi connectivity index (χ0n) is 16.2. The third-order valence-electron chi connectivity index (χ3n) is 6.21. The van der Waals surface area contributed by atoms with Gasteiger partial charge in [0.15, 0.2) is 0 Å². The molecule has 2 unspecified atom stereocenters. The molecular formula is C21H26F3NO3S. The second kappa shape index (κ2) is 7.95. The molecule has 1 aliphatic heterocycles. The maximum absolute atomic E-state index is 12.5. The molecule has 1 aromatic rings. The molecule has 2 atom stereocenters. The quantitative estimate of drug-likeness (QED) is 0.458. The van der Waals surface area contributed by atoms with Crippen LogP contribution >= 0.6 is 0 Å². The van der Waals surface area contributed by atoms with E-state index >= 15 is 0 Å². The Morgan fingerprint density at radius 3 is 2.41 bits per heavy atom. The van der Waals surface area contributed by atoms with Crippen molar-refractivity contribution in [3.8, 4) is 0 Å². The van der Waals surface area contributed by atoms with E-state index in [4.69, 9.17) is 0 Å². The van der Waals surface area contributed by atoms with Crippen LogP contribution in [0.3, 0.4) is 0 Å². The van der Waals surface area contributed by atoms with Crippen molar-refractivity contribution in [2.75, 3.05) is 13.1 Å². The smallest absolute Gasteiger partial charge is 0.381 e. The molecule has 0 amide bonds. The lowest BCUT2D eigenvalue weighted by Gasteiger charge is -2.31. The lowest BCUT2D eigenvalue weighted by molar-refractivity contribution is -0.0524. The Hall–Kier alpha value is -1.54. The van der Waals surface area contributed by atoms with Crippen molar-refractivity contribution < 1.29 is 25.8 Å². The fourth-order valence-electron chi connectivity index (χ4n) is 4.60. The first-order chi connectivity index (χ1) is 13.7. The molecule has 0 spiro atoms. The Labute approximate surface area is 169 Å². The highest BCUT2D eigenvalue weighted by Crippen LogP contribution is 2.46. The van der Waals surface area contributed by atoms with Gasteiger partial charge in [-0.3, -0.25) is 4.90 Å². The summed E-state index contributed by atoms with van der Waals surface area (Å²) in [6.45, 7) is 1.90. The van der Waals surface area contributed by atoms with Gasteiger partial charge in [-0.1, -0.05) is 24.3 Å². The molecule has 2 fully saturated rings. The fourth-order valence-corrected chi connectivity index (χ4v) is 5.13. The van der Waals surface area contributed by atoms with Crippen LogP contribution in [0.25, 0.3) is 0 Å². The molecule has 1 saturated carbocycles. The Balaban J connectivity index is 1.39. The van der Waals surface area contributed by atoms with E-state index in [1.807, 2.05) is 0 Å². The van der Waals surface area contributed by atoms with Crippen molar-refractivity contribution in [1.29, 1.82) is 0 Å². The average Bonchev–Trinajstić information content (AvgIpc) is 3.41. The molecule has 160 valence electrons. The van der Waals surface area contributed by atoms with Crippen molar-refractivity contribution in [3.63, 3.8) is 0 Å². The zero-order chi connectivity index (χ0) is 20.6. The minimum atomic E-state index is -5.57. The third-order valence-corrected chi connectivity index (χ3v) is 7.21. The molecule has 1 aromatic carbocycles. The number of nitrogens with zero attached hydrogens (tertiary/aromatic N) is 1. The molecule has 0 N–H and O–H groups in total. The van der Waals surface area contributed by atoms with E-state index in [-0.39, 0.29) is 12.2 Å². The van der Waals surface area contributed by atoms with Crippen LogP contribution in [-0.4, -0.2) is 31.9 Å². The number of alkyl halides is 3. The summed E-state index contributed by atoms with van der Waals surface area (Å²) in [7, 11) is -5.57. The largest absolute Gasteiger partial charge is 0.534 e. The molecule has 0 aromatic heterocycles. The second-order valence-electron chi connectivity index (χ2n) is 8.35. The van der Waals surface area contributed by atoms with Gasteiger partial charge in [-0.25, -0.2) is 0 Å². The first kappa shape index (κ1) is 20.7. The van der Waals surface area contributed by atoms with Crippen LogP contribution in [-0.2, 0) is 14.3 Å². The monoisotopic (exact) mass is 429 g/mol. The van der Waals surface area contributed by atoms with Crippen molar-refractivity contribution in [2.24, 2.45) is 5.92 Å². The molecule has 4 rings (SSSR count). The van der Waals surface area contributed by atoms with Crippen LogP contribution in [0.1, 0.15) is 68.0 Å². The van der Waals surface area contributed by atoms with E-state index in [0.29, 0.717) is 30.7 Å². The standard InChI is InChI=1S/C21H26F3NO3S/c22-21(23,24)29(26,27)28-17-11-7-15(8-12-17)14-25-13-3-6-20(25)19-5-2-1-4-18(19)16-9-10-16/h1-2,4-5,11,15-16,20H,3,6-10,12-14H2. The number of allylic oxidation sites excluding steroid dienone is 2. The summed E-state index contributed by atoms with van der Waals surface area (Å²) < 4.78 is 64.1. The number of rotatable bonds is 6. The Morgan fingerprint density at radius 2 is 1.79 bits per heavy atom. The summed E-state index contributed by atoms with van der Waals surface area (Å²) >= 11 is 0. The van der Waals surface area contributed by atoms with Gasteiger partial charge in [0, 0.05) is 19.0 Å². The maximum atomic E-state index is 12.5. The normalized spacial score (nSPS) is 26.4. The number of halogens is 3. The van der Waals surface area contributed by atoms with E-state index < -0.39 is 15.6 Å². The molecule has 0 bridgehead atoms. The summed E-state index contributed by atoms with van der Waals surface area (Å²) in [5, 5.41) is 0. The van der Waals surface area contributed by atoms with E-state index in [2.05, 4.69) is 33.3 Å². The topological polar surface area (TPSA) is 46.6 Å². The van der Waals surface area contributed by atoms with Gasteiger partial charge < -0.3 is 4.18 Å². The summed E-state index contributed by atoms with van der Waals surface area (Å²) in [6, 6.07) is 9.10. The first-order valence-electron chi connectivity index (χ1n) is 10.3. The molecule has 29 heavy (non-hydrogen) atoms. The summed E-state index contributed by atoms with van der Waals surface area (Å²) in [4.78, 5) is 2.50. The minimum absolute atomic E-state index is 0.0874. The van der Waals surface area contributed by atoms with Crippen molar-refractivity contribution in [2.45, 2.75) is 62.4 Å². The number of hydrogen-bond donors (Lipinski definition) is 0. The van der Waals surface area contributed by atoms with Gasteiger partial charge in [0.1, 0.15) is 5.76 Å². The van der Waals surface area contributed by atoms with Crippen LogP contribution in [0.5, 0.6) is 0 Å². The third kappa shape index (κ3) is 4.63. The van der Waals surface area contributed by atoms with Gasteiger partial charge in [-0.2, -0.15) is 21.6 Å². The minimum Gasteiger partial charge on any atom is -0.381 e. The highest BCUT2D eigenvalue weighted by molar-refractivity contribution is 7.87. The van der Waals surface area contributed by atoms with Gasteiger partial charge in [0.25, 0.3) is 0 Å². The zero-order valence-corrected chi connectivity index (χ0v) is 17.0. The van der Waals surface area contributed by atoms with Crippen LogP contribution in [0.4, 0.5) is 13.2 Å². The Bertz CT molecular complexity index is 877. The summed E-state index contributed by atoms with van der Waals surface area (Å²) in [5.74, 6) is 0.904. The van der Waals surface area contributed by atoms with Gasteiger partial charge in [0.05, 0.1) is 0 Å². The van der Waals surface area contributed by atoms with E-state index in [9.17, 15) is 21.6 Å². The first-order valence-corrected chi connectivity index (χ1v) is 11.7. The molecule has 8 heteroatoms. The van der Waals surface area contributed by atoms with Crippen LogP contribution < -0.4 is 0 Å². The number of likely N-dealkylation sites (tertiary alicyclic amines) is 1. The average molecular weight is 430 g/mol. The van der Waals surface area contributed by atoms with Crippen LogP contribution in [0.2, 0.25) is 0 Å². The van der Waals surface area contributed by atoms with Gasteiger partial charge in [-0.15, -0.1) is 0 Å². The molecule has 3 aliphatic rings. The lowest BCUT2D eigenvalue weighted by atomic mass is 9.91. The highest BCUT2D eigenvalue weighted by atomic mass is 32.2.